The number of aromatic nitrogens is 2. The Morgan fingerprint density at radius 2 is 2.14 bits per heavy atom. The third kappa shape index (κ3) is 4.17. The van der Waals surface area contributed by atoms with Crippen molar-refractivity contribution in [3.05, 3.63) is 24.3 Å². The van der Waals surface area contributed by atoms with E-state index in [-0.39, 0.29) is 17.5 Å². The molecule has 1 aromatic heterocycles. The third-order valence-corrected chi connectivity index (χ3v) is 4.03. The van der Waals surface area contributed by atoms with Gasteiger partial charge in [0.1, 0.15) is 18.0 Å². The number of carbonyl (C=O) groups is 2. The van der Waals surface area contributed by atoms with E-state index in [1.807, 2.05) is 6.92 Å². The van der Waals surface area contributed by atoms with Gasteiger partial charge in [0.05, 0.1) is 5.69 Å². The standard InChI is InChI=1S/C16H23N3O2/c1-2-3-4-14(20)15(13-7-10-18-11-19-13)16(21)12-5-8-17-9-6-12/h7,10-12,15,17H,2-6,8-9H2,1H3. The number of nitrogens with zero attached hydrogens (tertiary/aromatic N) is 2. The van der Waals surface area contributed by atoms with Crippen LogP contribution in [0, 0.1) is 5.92 Å². The van der Waals surface area contributed by atoms with E-state index in [0.29, 0.717) is 12.1 Å². The first kappa shape index (κ1) is 15.8. The van der Waals surface area contributed by atoms with Gasteiger partial charge in [-0.2, -0.15) is 0 Å². The topological polar surface area (TPSA) is 72.0 Å². The molecule has 1 N–H and O–H groups in total. The maximum atomic E-state index is 12.8. The molecule has 0 aliphatic carbocycles. The van der Waals surface area contributed by atoms with Gasteiger partial charge in [-0.25, -0.2) is 9.97 Å². The molecule has 0 aromatic carbocycles. The van der Waals surface area contributed by atoms with Crippen molar-refractivity contribution in [1.29, 1.82) is 0 Å². The molecule has 114 valence electrons. The molecule has 21 heavy (non-hydrogen) atoms. The molecule has 1 atom stereocenters. The molecule has 0 radical (unpaired) electrons. The summed E-state index contributed by atoms with van der Waals surface area (Å²) in [5.41, 5.74) is 0.551. The highest BCUT2D eigenvalue weighted by molar-refractivity contribution is 6.08. The van der Waals surface area contributed by atoms with E-state index in [1.54, 1.807) is 12.3 Å². The first-order valence-corrected chi connectivity index (χ1v) is 7.77. The Morgan fingerprint density at radius 1 is 1.38 bits per heavy atom. The minimum Gasteiger partial charge on any atom is -0.317 e. The predicted octanol–water partition coefficient (Wildman–Crippen LogP) is 1.89. The van der Waals surface area contributed by atoms with Crippen molar-refractivity contribution in [2.45, 2.75) is 44.9 Å². The quantitative estimate of drug-likeness (QED) is 0.776. The maximum absolute atomic E-state index is 12.8. The molecular weight excluding hydrogens is 266 g/mol. The summed E-state index contributed by atoms with van der Waals surface area (Å²) in [4.78, 5) is 33.3. The van der Waals surface area contributed by atoms with Crippen molar-refractivity contribution in [2.75, 3.05) is 13.1 Å². The highest BCUT2D eigenvalue weighted by atomic mass is 16.2. The summed E-state index contributed by atoms with van der Waals surface area (Å²) in [7, 11) is 0. The van der Waals surface area contributed by atoms with Gasteiger partial charge in [-0.3, -0.25) is 9.59 Å². The number of hydrogen-bond acceptors (Lipinski definition) is 5. The van der Waals surface area contributed by atoms with Crippen LogP contribution in [0.25, 0.3) is 0 Å². The van der Waals surface area contributed by atoms with Gasteiger partial charge in [-0.05, 0) is 38.4 Å². The van der Waals surface area contributed by atoms with Crippen molar-refractivity contribution < 1.29 is 9.59 Å². The Morgan fingerprint density at radius 3 is 2.76 bits per heavy atom. The zero-order chi connectivity index (χ0) is 15.1. The van der Waals surface area contributed by atoms with Crippen LogP contribution >= 0.6 is 0 Å². The van der Waals surface area contributed by atoms with E-state index >= 15 is 0 Å². The van der Waals surface area contributed by atoms with Gasteiger partial charge in [0.25, 0.3) is 0 Å². The summed E-state index contributed by atoms with van der Waals surface area (Å²) in [5.74, 6) is -0.699. The lowest BCUT2D eigenvalue weighted by Crippen LogP contribution is -2.36. The Bertz CT molecular complexity index is 470. The third-order valence-electron chi connectivity index (χ3n) is 4.03. The number of hydrogen-bond donors (Lipinski definition) is 1. The molecule has 1 fully saturated rings. The molecule has 5 nitrogen and oxygen atoms in total. The van der Waals surface area contributed by atoms with E-state index in [0.717, 1.165) is 38.8 Å². The number of piperidine rings is 1. The molecule has 5 heteroatoms. The number of rotatable bonds is 7. The van der Waals surface area contributed by atoms with E-state index in [9.17, 15) is 9.59 Å². The van der Waals surface area contributed by atoms with Crippen molar-refractivity contribution in [2.24, 2.45) is 5.92 Å². The van der Waals surface area contributed by atoms with Crippen LogP contribution in [0.3, 0.4) is 0 Å². The van der Waals surface area contributed by atoms with Gasteiger partial charge in [0, 0.05) is 18.5 Å². The van der Waals surface area contributed by atoms with E-state index in [2.05, 4.69) is 15.3 Å². The largest absolute Gasteiger partial charge is 0.317 e. The molecule has 0 spiro atoms. The monoisotopic (exact) mass is 289 g/mol. The molecule has 2 heterocycles. The van der Waals surface area contributed by atoms with Gasteiger partial charge in [0.2, 0.25) is 0 Å². The van der Waals surface area contributed by atoms with E-state index < -0.39 is 5.92 Å². The Hall–Kier alpha value is -1.62. The van der Waals surface area contributed by atoms with Crippen LogP contribution in [0.4, 0.5) is 0 Å². The minimum absolute atomic E-state index is 0.000849. The number of Topliss-reactive ketones (excluding diaryl/α,β-unsaturated/α-hetero) is 2. The highest BCUT2D eigenvalue weighted by Crippen LogP contribution is 2.26. The van der Waals surface area contributed by atoms with Crippen LogP contribution < -0.4 is 5.32 Å². The molecule has 0 amide bonds. The first-order chi connectivity index (χ1) is 10.2. The van der Waals surface area contributed by atoms with E-state index in [1.165, 1.54) is 6.33 Å². The molecule has 1 unspecified atom stereocenters. The molecule has 2 rings (SSSR count). The van der Waals surface area contributed by atoms with Gasteiger partial charge < -0.3 is 5.32 Å². The van der Waals surface area contributed by atoms with E-state index in [4.69, 9.17) is 0 Å². The van der Waals surface area contributed by atoms with Gasteiger partial charge in [-0.1, -0.05) is 13.3 Å². The van der Waals surface area contributed by atoms with Crippen molar-refractivity contribution >= 4 is 11.6 Å². The van der Waals surface area contributed by atoms with Gasteiger partial charge in [0.15, 0.2) is 5.78 Å². The summed E-state index contributed by atoms with van der Waals surface area (Å²) in [6.07, 6.45) is 6.83. The van der Waals surface area contributed by atoms with Crippen LogP contribution in [-0.2, 0) is 9.59 Å². The average molecular weight is 289 g/mol. The number of ketones is 2. The molecule has 0 bridgehead atoms. The van der Waals surface area contributed by atoms with Crippen LogP contribution in [0.2, 0.25) is 0 Å². The summed E-state index contributed by atoms with van der Waals surface area (Å²) in [6.45, 7) is 3.73. The average Bonchev–Trinajstić information content (AvgIpc) is 2.55. The highest BCUT2D eigenvalue weighted by Gasteiger charge is 2.34. The minimum atomic E-state index is -0.706. The van der Waals surface area contributed by atoms with Crippen molar-refractivity contribution in [3.63, 3.8) is 0 Å². The van der Waals surface area contributed by atoms with Crippen LogP contribution in [-0.4, -0.2) is 34.6 Å². The van der Waals surface area contributed by atoms with Crippen LogP contribution in [0.1, 0.15) is 50.6 Å². The predicted molar refractivity (Wildman–Crippen MR) is 79.9 cm³/mol. The van der Waals surface area contributed by atoms with Gasteiger partial charge >= 0.3 is 0 Å². The Kier molecular flexibility index (Phi) is 5.99. The maximum Gasteiger partial charge on any atom is 0.152 e. The Labute approximate surface area is 125 Å². The van der Waals surface area contributed by atoms with Gasteiger partial charge in [-0.15, -0.1) is 0 Å². The fourth-order valence-electron chi connectivity index (χ4n) is 2.78. The summed E-state index contributed by atoms with van der Waals surface area (Å²) in [5, 5.41) is 3.25. The lowest BCUT2D eigenvalue weighted by molar-refractivity contribution is -0.132. The normalized spacial score (nSPS) is 17.4. The molecule has 1 aromatic rings. The molecule has 0 saturated carbocycles. The van der Waals surface area contributed by atoms with Crippen molar-refractivity contribution in [3.8, 4) is 0 Å². The number of carbonyl (C=O) groups excluding carboxylic acids is 2. The fraction of sp³-hybridized carbons (Fsp3) is 0.625. The first-order valence-electron chi connectivity index (χ1n) is 7.77. The fourth-order valence-corrected chi connectivity index (χ4v) is 2.78. The zero-order valence-corrected chi connectivity index (χ0v) is 12.5. The molecule has 1 aliphatic rings. The number of nitrogens with one attached hydrogen (secondary N) is 1. The second-order valence-corrected chi connectivity index (χ2v) is 5.56. The summed E-state index contributed by atoms with van der Waals surface area (Å²) >= 11 is 0. The molecule has 1 saturated heterocycles. The SMILES string of the molecule is CCCCC(=O)C(C(=O)C1CCNCC1)c1ccncn1. The Balaban J connectivity index is 2.18. The lowest BCUT2D eigenvalue weighted by atomic mass is 9.81. The molecule has 1 aliphatic heterocycles. The second kappa shape index (κ2) is 7.98. The second-order valence-electron chi connectivity index (χ2n) is 5.56. The zero-order valence-electron chi connectivity index (χ0n) is 12.5. The van der Waals surface area contributed by atoms with Crippen molar-refractivity contribution in [1.82, 2.24) is 15.3 Å². The van der Waals surface area contributed by atoms with Crippen LogP contribution in [0.15, 0.2) is 18.6 Å². The summed E-state index contributed by atoms with van der Waals surface area (Å²) in [6, 6.07) is 1.69. The van der Waals surface area contributed by atoms with Crippen LogP contribution in [0.5, 0.6) is 0 Å². The summed E-state index contributed by atoms with van der Waals surface area (Å²) < 4.78 is 0. The number of unbranched alkanes of at least 4 members (excludes halogenated alkanes) is 1. The molecular formula is C16H23N3O2. The lowest BCUT2D eigenvalue weighted by Gasteiger charge is -2.25. The smallest absolute Gasteiger partial charge is 0.152 e.